The summed E-state index contributed by atoms with van der Waals surface area (Å²) in [5.41, 5.74) is 10.6. The molecule has 0 saturated carbocycles. The molecule has 10 heteroatoms. The second kappa shape index (κ2) is 16.1. The standard InChI is InChI=1S/C62H36N6O4/c63-37-39-33-41(65-43-17-1-9-25-53(43)69-54-26-10-2-18-44(54)65)35-51(67-47-21-5-13-29-57(47)71-58-30-14-6-22-48(58)67)61(39)62-40(38-64)34-42(66-45-19-3-11-27-55(45)70-56-28-12-4-20-46(56)66)36-52(62)68-49-23-7-15-31-59(49)72-60-32-16-8-24-50(60)68/h1-36H. The largest absolute Gasteiger partial charge is 0.453 e. The maximum absolute atomic E-state index is 11.9. The highest BCUT2D eigenvalue weighted by molar-refractivity contribution is 6.06. The van der Waals surface area contributed by atoms with E-state index in [1.54, 1.807) is 0 Å². The van der Waals surface area contributed by atoms with Crippen molar-refractivity contribution in [2.45, 2.75) is 0 Å². The van der Waals surface area contributed by atoms with Crippen LogP contribution in [0, 0.1) is 22.7 Å². The molecule has 72 heavy (non-hydrogen) atoms. The Morgan fingerprint density at radius 3 is 0.681 bits per heavy atom. The first-order chi connectivity index (χ1) is 35.6. The quantitative estimate of drug-likeness (QED) is 0.166. The maximum atomic E-state index is 11.9. The van der Waals surface area contributed by atoms with Gasteiger partial charge in [-0.3, -0.25) is 0 Å². The lowest BCUT2D eigenvalue weighted by atomic mass is 9.89. The smallest absolute Gasteiger partial charge is 0.151 e. The van der Waals surface area contributed by atoms with Crippen LogP contribution in [0.3, 0.4) is 0 Å². The van der Waals surface area contributed by atoms with Crippen LogP contribution in [0.4, 0.5) is 68.2 Å². The van der Waals surface area contributed by atoms with Crippen molar-refractivity contribution in [3.05, 3.63) is 230 Å². The zero-order valence-electron chi connectivity index (χ0n) is 38.1. The van der Waals surface area contributed by atoms with Crippen LogP contribution in [0.1, 0.15) is 11.1 Å². The number of rotatable bonds is 5. The molecule has 0 radical (unpaired) electrons. The number of fused-ring (bicyclic) bond motifs is 8. The predicted octanol–water partition coefficient (Wildman–Crippen LogP) is 17.4. The highest BCUT2D eigenvalue weighted by Gasteiger charge is 2.37. The van der Waals surface area contributed by atoms with Crippen molar-refractivity contribution in [2.24, 2.45) is 0 Å². The van der Waals surface area contributed by atoms with Crippen LogP contribution < -0.4 is 38.5 Å². The minimum atomic E-state index is 0.327. The molecule has 4 aliphatic heterocycles. The highest BCUT2D eigenvalue weighted by Crippen LogP contribution is 2.61. The molecule has 0 N–H and O–H groups in total. The minimum absolute atomic E-state index is 0.327. The number of benzene rings is 10. The van der Waals surface area contributed by atoms with Gasteiger partial charge in [-0.25, -0.2) is 0 Å². The molecule has 0 bridgehead atoms. The Balaban J connectivity index is 1.13. The predicted molar refractivity (Wildman–Crippen MR) is 280 cm³/mol. The van der Waals surface area contributed by atoms with Crippen molar-refractivity contribution in [2.75, 3.05) is 19.6 Å². The molecule has 0 spiro atoms. The van der Waals surface area contributed by atoms with Crippen molar-refractivity contribution in [1.29, 1.82) is 10.5 Å². The molecule has 0 aliphatic carbocycles. The molecule has 0 amide bonds. The third kappa shape index (κ3) is 6.20. The van der Waals surface area contributed by atoms with E-state index in [2.05, 4.69) is 43.9 Å². The van der Waals surface area contributed by atoms with E-state index in [4.69, 9.17) is 18.9 Å². The van der Waals surface area contributed by atoms with Gasteiger partial charge in [-0.1, -0.05) is 97.1 Å². The van der Waals surface area contributed by atoms with E-state index in [0.29, 0.717) is 91.0 Å². The third-order valence-corrected chi connectivity index (χ3v) is 13.4. The monoisotopic (exact) mass is 928 g/mol. The summed E-state index contributed by atoms with van der Waals surface area (Å²) in [5, 5.41) is 23.8. The number of ether oxygens (including phenoxy) is 4. The molecule has 14 rings (SSSR count). The van der Waals surface area contributed by atoms with Crippen LogP contribution in [0.2, 0.25) is 0 Å². The Kier molecular flexibility index (Phi) is 9.08. The second-order valence-corrected chi connectivity index (χ2v) is 17.5. The number of anilines is 12. The van der Waals surface area contributed by atoms with Gasteiger partial charge in [-0.2, -0.15) is 10.5 Å². The van der Waals surface area contributed by atoms with E-state index in [-0.39, 0.29) is 0 Å². The van der Waals surface area contributed by atoms with Crippen LogP contribution in [0.15, 0.2) is 218 Å². The van der Waals surface area contributed by atoms with Gasteiger partial charge in [0.05, 0.1) is 80.1 Å². The summed E-state index contributed by atoms with van der Waals surface area (Å²) < 4.78 is 26.3. The zero-order valence-corrected chi connectivity index (χ0v) is 38.1. The van der Waals surface area contributed by atoms with E-state index in [1.807, 2.05) is 206 Å². The summed E-state index contributed by atoms with van der Waals surface area (Å²) in [4.78, 5) is 8.58. The third-order valence-electron chi connectivity index (χ3n) is 13.4. The van der Waals surface area contributed by atoms with E-state index < -0.39 is 0 Å². The first-order valence-corrected chi connectivity index (χ1v) is 23.4. The summed E-state index contributed by atoms with van der Waals surface area (Å²) in [6.07, 6.45) is 0. The van der Waals surface area contributed by atoms with Crippen molar-refractivity contribution in [1.82, 2.24) is 0 Å². The fourth-order valence-electron chi connectivity index (χ4n) is 10.4. The Labute approximate surface area is 414 Å². The molecule has 0 aromatic heterocycles. The van der Waals surface area contributed by atoms with Gasteiger partial charge in [0, 0.05) is 22.5 Å². The Morgan fingerprint density at radius 1 is 0.250 bits per heavy atom. The molecule has 4 heterocycles. The van der Waals surface area contributed by atoms with Gasteiger partial charge < -0.3 is 38.5 Å². The van der Waals surface area contributed by atoms with E-state index in [9.17, 15) is 10.5 Å². The van der Waals surface area contributed by atoms with Gasteiger partial charge in [0.15, 0.2) is 46.0 Å². The summed E-state index contributed by atoms with van der Waals surface area (Å²) >= 11 is 0. The first kappa shape index (κ1) is 40.6. The van der Waals surface area contributed by atoms with E-state index in [0.717, 1.165) is 45.5 Å². The van der Waals surface area contributed by atoms with Gasteiger partial charge in [0.25, 0.3) is 0 Å². The fraction of sp³-hybridized carbons (Fsp3) is 0. The number of nitriles is 2. The maximum Gasteiger partial charge on any atom is 0.151 e. The minimum Gasteiger partial charge on any atom is -0.453 e. The number of hydrogen-bond acceptors (Lipinski definition) is 10. The molecule has 10 aromatic carbocycles. The molecule has 10 nitrogen and oxygen atoms in total. The van der Waals surface area contributed by atoms with Crippen molar-refractivity contribution < 1.29 is 18.9 Å². The van der Waals surface area contributed by atoms with Gasteiger partial charge >= 0.3 is 0 Å². The SMILES string of the molecule is N#Cc1cc(N2c3ccccc3Oc3ccccc32)cc(N2c3ccccc3Oc3ccccc32)c1-c1c(C#N)cc(N2c3ccccc3Oc3ccccc32)cc1N1c2ccccc2Oc2ccccc21. The molecular weight excluding hydrogens is 893 g/mol. The lowest BCUT2D eigenvalue weighted by Crippen LogP contribution is -2.21. The fourth-order valence-corrected chi connectivity index (χ4v) is 10.4. The normalized spacial score (nSPS) is 13.0. The van der Waals surface area contributed by atoms with Crippen LogP contribution in [0.25, 0.3) is 11.1 Å². The van der Waals surface area contributed by atoms with E-state index in [1.165, 1.54) is 0 Å². The Morgan fingerprint density at radius 2 is 0.458 bits per heavy atom. The van der Waals surface area contributed by atoms with Gasteiger partial charge in [-0.05, 0) is 121 Å². The number of hydrogen-bond donors (Lipinski definition) is 0. The summed E-state index contributed by atoms with van der Waals surface area (Å²) in [6, 6.07) is 76.6. The molecule has 0 unspecified atom stereocenters. The van der Waals surface area contributed by atoms with Crippen LogP contribution in [0.5, 0.6) is 46.0 Å². The second-order valence-electron chi connectivity index (χ2n) is 17.5. The average molecular weight is 929 g/mol. The van der Waals surface area contributed by atoms with Crippen LogP contribution >= 0.6 is 0 Å². The Hall–Kier alpha value is -10.4. The average Bonchev–Trinajstić information content (AvgIpc) is 3.43. The lowest BCUT2D eigenvalue weighted by molar-refractivity contribution is 0.476. The highest BCUT2D eigenvalue weighted by atomic mass is 16.5. The van der Waals surface area contributed by atoms with Crippen LogP contribution in [-0.2, 0) is 0 Å². The molecule has 4 aliphatic rings. The molecule has 0 atom stereocenters. The van der Waals surface area contributed by atoms with Crippen LogP contribution in [-0.4, -0.2) is 0 Å². The lowest BCUT2D eigenvalue weighted by Gasteiger charge is -2.39. The molecule has 0 saturated heterocycles. The molecular formula is C62H36N6O4. The van der Waals surface area contributed by atoms with Crippen molar-refractivity contribution in [3.8, 4) is 69.3 Å². The zero-order chi connectivity index (χ0) is 47.9. The Bertz CT molecular complexity index is 3550. The number of para-hydroxylation sites is 16. The topological polar surface area (TPSA) is 97.5 Å². The number of nitrogens with zero attached hydrogens (tertiary/aromatic N) is 6. The first-order valence-electron chi connectivity index (χ1n) is 23.4. The molecule has 10 aromatic rings. The van der Waals surface area contributed by atoms with E-state index >= 15 is 0 Å². The van der Waals surface area contributed by atoms with Crippen molar-refractivity contribution >= 4 is 68.2 Å². The van der Waals surface area contributed by atoms with Gasteiger partial charge in [0.1, 0.15) is 0 Å². The van der Waals surface area contributed by atoms with Gasteiger partial charge in [0.2, 0.25) is 0 Å². The molecule has 0 fully saturated rings. The summed E-state index contributed by atoms with van der Waals surface area (Å²) in [5.74, 6) is 5.20. The van der Waals surface area contributed by atoms with Crippen molar-refractivity contribution in [3.63, 3.8) is 0 Å². The molecule has 338 valence electrons. The van der Waals surface area contributed by atoms with Gasteiger partial charge in [-0.15, -0.1) is 0 Å². The summed E-state index contributed by atoms with van der Waals surface area (Å²) in [6.45, 7) is 0. The summed E-state index contributed by atoms with van der Waals surface area (Å²) in [7, 11) is 0.